The van der Waals surface area contributed by atoms with Crippen LogP contribution in [0.25, 0.3) is 11.3 Å². The lowest BCUT2D eigenvalue weighted by molar-refractivity contribution is -0.191. The molecule has 2 aliphatic carbocycles. The van der Waals surface area contributed by atoms with Gasteiger partial charge in [-0.1, -0.05) is 11.6 Å². The van der Waals surface area contributed by atoms with Crippen LogP contribution in [-0.2, 0) is 11.1 Å². The normalized spacial score (nSPS) is 21.0. The molecule has 1 aliphatic heterocycles. The van der Waals surface area contributed by atoms with Gasteiger partial charge in [0.25, 0.3) is 5.91 Å². The number of amides is 1. The van der Waals surface area contributed by atoms with Crippen LogP contribution in [0.4, 0.5) is 17.6 Å². The Morgan fingerprint density at radius 3 is 2.53 bits per heavy atom. The van der Waals surface area contributed by atoms with Crippen LogP contribution in [0.3, 0.4) is 0 Å². The highest BCUT2D eigenvalue weighted by Gasteiger charge is 2.59. The molecule has 0 radical (unpaired) electrons. The van der Waals surface area contributed by atoms with E-state index in [9.17, 15) is 27.5 Å². The maximum Gasteiger partial charge on any atom is 0.414 e. The van der Waals surface area contributed by atoms with Gasteiger partial charge in [-0.15, -0.1) is 0 Å². The molecule has 6 rings (SSSR count). The lowest BCUT2D eigenvalue weighted by Crippen LogP contribution is -2.52. The first-order chi connectivity index (χ1) is 20.3. The van der Waals surface area contributed by atoms with Crippen molar-refractivity contribution in [2.75, 3.05) is 20.3 Å². The van der Waals surface area contributed by atoms with Crippen molar-refractivity contribution < 1.29 is 41.7 Å². The fraction of sp³-hybridized carbons (Fsp3) is 0.400. The van der Waals surface area contributed by atoms with Crippen molar-refractivity contribution in [1.82, 2.24) is 10.3 Å². The number of ether oxygens (including phenoxy) is 3. The van der Waals surface area contributed by atoms with Gasteiger partial charge in [-0.25, -0.2) is 9.37 Å². The Morgan fingerprint density at radius 1 is 1.16 bits per heavy atom. The van der Waals surface area contributed by atoms with Gasteiger partial charge in [-0.05, 0) is 74.1 Å². The van der Waals surface area contributed by atoms with E-state index in [0.29, 0.717) is 24.3 Å². The summed E-state index contributed by atoms with van der Waals surface area (Å²) < 4.78 is 73.3. The summed E-state index contributed by atoms with van der Waals surface area (Å²) in [6, 6.07) is 9.33. The maximum absolute atomic E-state index is 14.2. The second-order valence-corrected chi connectivity index (χ2v) is 11.6. The number of benzene rings is 2. The van der Waals surface area contributed by atoms with E-state index in [2.05, 4.69) is 10.3 Å². The third-order valence-electron chi connectivity index (χ3n) is 8.06. The van der Waals surface area contributed by atoms with Crippen LogP contribution in [0.15, 0.2) is 42.5 Å². The number of nitrogens with zero attached hydrogens (tertiary/aromatic N) is 1. The quantitative estimate of drug-likeness (QED) is 0.280. The second kappa shape index (κ2) is 10.5. The number of rotatable bonds is 9. The van der Waals surface area contributed by atoms with Crippen LogP contribution in [0.2, 0.25) is 5.02 Å². The topological polar surface area (TPSA) is 116 Å². The van der Waals surface area contributed by atoms with Crippen LogP contribution >= 0.6 is 11.6 Å². The minimum absolute atomic E-state index is 0.0904. The number of aliphatic hydroxyl groups is 1. The first kappa shape index (κ1) is 29.5. The smallest absolute Gasteiger partial charge is 0.414 e. The molecule has 2 fully saturated rings. The molecule has 2 atom stereocenters. The number of nitrogens with one attached hydrogen (secondary N) is 1. The highest BCUT2D eigenvalue weighted by molar-refractivity contribution is 6.31. The zero-order valence-corrected chi connectivity index (χ0v) is 23.7. The van der Waals surface area contributed by atoms with E-state index in [1.165, 1.54) is 25.3 Å². The molecule has 13 heteroatoms. The highest BCUT2D eigenvalue weighted by Crippen LogP contribution is 2.52. The first-order valence-electron chi connectivity index (χ1n) is 13.7. The van der Waals surface area contributed by atoms with Crippen molar-refractivity contribution in [3.8, 4) is 28.5 Å². The lowest BCUT2D eigenvalue weighted by Gasteiger charge is -2.31. The number of methoxy groups -OCH3 is 1. The third-order valence-corrected chi connectivity index (χ3v) is 8.34. The second-order valence-electron chi connectivity index (χ2n) is 11.2. The number of pyridine rings is 1. The van der Waals surface area contributed by atoms with Crippen molar-refractivity contribution in [3.05, 3.63) is 70.1 Å². The van der Waals surface area contributed by atoms with E-state index in [0.717, 1.165) is 25.0 Å². The molecule has 228 valence electrons. The average Bonchev–Trinajstić information content (AvgIpc) is 3.91. The Morgan fingerprint density at radius 2 is 1.91 bits per heavy atom. The minimum atomic E-state index is -4.91. The van der Waals surface area contributed by atoms with Gasteiger partial charge in [0.1, 0.15) is 23.7 Å². The van der Waals surface area contributed by atoms with Crippen molar-refractivity contribution >= 4 is 17.5 Å². The standard InChI is InChI=1S/C30H28ClF4N3O5/c1-41-23-11-16(3-9-22(23)43-18-6-7-18)27(39)37-13-28(40,17-4-5-17)24-12-19-26(42-14-29(19,36)30(33,34)35)25(38-24)15-2-8-21(32)20(31)10-15/h2-3,8-12,17-18,40H,4-7,13-14,36H2,1H3,(H,37,39)/t28-,29+/m1/s1. The van der Waals surface area contributed by atoms with Crippen LogP contribution in [0, 0.1) is 11.7 Å². The summed E-state index contributed by atoms with van der Waals surface area (Å²) in [6.07, 6.45) is -1.81. The van der Waals surface area contributed by atoms with Gasteiger partial charge >= 0.3 is 6.18 Å². The van der Waals surface area contributed by atoms with E-state index in [1.807, 2.05) is 0 Å². The fourth-order valence-corrected chi connectivity index (χ4v) is 5.34. The number of hydrogen-bond donors (Lipinski definition) is 3. The molecule has 43 heavy (non-hydrogen) atoms. The summed E-state index contributed by atoms with van der Waals surface area (Å²) in [5, 5.41) is 14.4. The molecule has 2 heterocycles. The van der Waals surface area contributed by atoms with E-state index >= 15 is 0 Å². The molecule has 2 aromatic carbocycles. The number of carbonyl (C=O) groups is 1. The molecule has 3 aromatic rings. The molecule has 2 saturated carbocycles. The van der Waals surface area contributed by atoms with Crippen LogP contribution in [0.5, 0.6) is 17.2 Å². The Bertz CT molecular complexity index is 1600. The molecular weight excluding hydrogens is 594 g/mol. The van der Waals surface area contributed by atoms with Crippen molar-refractivity contribution in [2.45, 2.75) is 49.1 Å². The van der Waals surface area contributed by atoms with Gasteiger partial charge in [0, 0.05) is 16.7 Å². The first-order valence-corrected chi connectivity index (χ1v) is 14.1. The summed E-state index contributed by atoms with van der Waals surface area (Å²) in [7, 11) is 1.45. The summed E-state index contributed by atoms with van der Waals surface area (Å²) in [4.78, 5) is 17.7. The Balaban J connectivity index is 1.36. The molecule has 3 aliphatic rings. The predicted molar refractivity (Wildman–Crippen MR) is 148 cm³/mol. The molecule has 0 bridgehead atoms. The summed E-state index contributed by atoms with van der Waals surface area (Å²) in [6.45, 7) is -1.28. The number of halogens is 5. The van der Waals surface area contributed by atoms with Crippen LogP contribution < -0.4 is 25.3 Å². The SMILES string of the molecule is COc1cc(C(=O)NC[C@](O)(c2cc3c(c(-c4ccc(F)c(Cl)c4)n2)OC[C@@]3(N)C(F)(F)F)C2CC2)ccc1OC1CC1. The van der Waals surface area contributed by atoms with Crippen LogP contribution in [0.1, 0.15) is 47.3 Å². The van der Waals surface area contributed by atoms with Gasteiger partial charge in [0.2, 0.25) is 0 Å². The maximum atomic E-state index is 14.2. The lowest BCUT2D eigenvalue weighted by atomic mass is 9.86. The van der Waals surface area contributed by atoms with Gasteiger partial charge in [-0.2, -0.15) is 13.2 Å². The summed E-state index contributed by atoms with van der Waals surface area (Å²) >= 11 is 5.97. The van der Waals surface area contributed by atoms with Crippen molar-refractivity contribution in [1.29, 1.82) is 0 Å². The number of nitrogens with two attached hydrogens (primary N) is 1. The van der Waals surface area contributed by atoms with E-state index in [-0.39, 0.29) is 45.9 Å². The Kier molecular flexibility index (Phi) is 7.22. The van der Waals surface area contributed by atoms with Gasteiger partial charge in [0.15, 0.2) is 22.8 Å². The Labute approximate surface area is 249 Å². The molecule has 4 N–H and O–H groups in total. The molecule has 0 saturated heterocycles. The average molecular weight is 622 g/mol. The van der Waals surface area contributed by atoms with E-state index < -0.39 is 47.1 Å². The highest BCUT2D eigenvalue weighted by atomic mass is 35.5. The number of aromatic nitrogens is 1. The summed E-state index contributed by atoms with van der Waals surface area (Å²) in [5.74, 6) is -1.06. The molecule has 8 nitrogen and oxygen atoms in total. The number of hydrogen-bond acceptors (Lipinski definition) is 7. The minimum Gasteiger partial charge on any atom is -0.493 e. The zero-order valence-electron chi connectivity index (χ0n) is 22.9. The molecule has 0 unspecified atom stereocenters. The molecule has 0 spiro atoms. The third kappa shape index (κ3) is 5.36. The fourth-order valence-electron chi connectivity index (χ4n) is 5.16. The summed E-state index contributed by atoms with van der Waals surface area (Å²) in [5.41, 5.74) is 0.865. The van der Waals surface area contributed by atoms with Crippen LogP contribution in [-0.4, -0.2) is 48.5 Å². The molecular formula is C30H28ClF4N3O5. The van der Waals surface area contributed by atoms with E-state index in [1.54, 1.807) is 12.1 Å². The zero-order chi connectivity index (χ0) is 30.7. The van der Waals surface area contributed by atoms with Crippen molar-refractivity contribution in [3.63, 3.8) is 0 Å². The number of carbonyl (C=O) groups excluding carboxylic acids is 1. The number of alkyl halides is 3. The van der Waals surface area contributed by atoms with Gasteiger partial charge in [-0.3, -0.25) is 4.79 Å². The number of fused-ring (bicyclic) bond motifs is 1. The molecule has 1 aromatic heterocycles. The van der Waals surface area contributed by atoms with Crippen molar-refractivity contribution in [2.24, 2.45) is 11.7 Å². The predicted octanol–water partition coefficient (Wildman–Crippen LogP) is 5.23. The van der Waals surface area contributed by atoms with E-state index in [4.69, 9.17) is 31.5 Å². The largest absolute Gasteiger partial charge is 0.493 e. The molecule has 1 amide bonds. The van der Waals surface area contributed by atoms with Gasteiger partial charge < -0.3 is 30.4 Å². The Hall–Kier alpha value is -3.61. The monoisotopic (exact) mass is 621 g/mol. The van der Waals surface area contributed by atoms with Gasteiger partial charge in [0.05, 0.1) is 30.5 Å².